The van der Waals surface area contributed by atoms with E-state index < -0.39 is 0 Å². The number of hydrogen-bond acceptors (Lipinski definition) is 2. The Morgan fingerprint density at radius 1 is 1.33 bits per heavy atom. The van der Waals surface area contributed by atoms with Crippen molar-refractivity contribution in [3.05, 3.63) is 35.4 Å². The predicted octanol–water partition coefficient (Wildman–Crippen LogP) is 1.90. The Labute approximate surface area is 92.3 Å². The highest BCUT2D eigenvalue weighted by Gasteiger charge is 1.99. The lowest BCUT2D eigenvalue weighted by atomic mass is 10.0. The van der Waals surface area contributed by atoms with Crippen LogP contribution in [0, 0.1) is 6.92 Å². The Balaban J connectivity index is 2.23. The van der Waals surface area contributed by atoms with E-state index in [1.54, 1.807) is 0 Å². The van der Waals surface area contributed by atoms with E-state index >= 15 is 0 Å². The van der Waals surface area contributed by atoms with E-state index in [1.165, 1.54) is 11.1 Å². The number of rotatable bonds is 6. The lowest BCUT2D eigenvalue weighted by Crippen LogP contribution is -2.30. The average Bonchev–Trinajstić information content (AvgIpc) is 2.26. The van der Waals surface area contributed by atoms with E-state index in [4.69, 9.17) is 5.11 Å². The Morgan fingerprint density at radius 3 is 2.73 bits per heavy atom. The maximum Gasteiger partial charge on any atom is 0.0581 e. The first-order valence-electron chi connectivity index (χ1n) is 5.62. The largest absolute Gasteiger partial charge is 0.395 e. The zero-order chi connectivity index (χ0) is 11.1. The highest BCUT2D eigenvalue weighted by Crippen LogP contribution is 2.08. The summed E-state index contributed by atoms with van der Waals surface area (Å²) < 4.78 is 0. The van der Waals surface area contributed by atoms with Crippen LogP contribution in [0.25, 0.3) is 0 Å². The van der Waals surface area contributed by atoms with E-state index in [-0.39, 0.29) is 12.6 Å². The van der Waals surface area contributed by atoms with Crippen molar-refractivity contribution < 1.29 is 5.11 Å². The van der Waals surface area contributed by atoms with Gasteiger partial charge in [-0.3, -0.25) is 0 Å². The van der Waals surface area contributed by atoms with Gasteiger partial charge < -0.3 is 10.4 Å². The first kappa shape index (κ1) is 12.2. The minimum absolute atomic E-state index is 0.210. The Hall–Kier alpha value is -0.860. The van der Waals surface area contributed by atoms with Gasteiger partial charge in [-0.05, 0) is 44.4 Å². The maximum absolute atomic E-state index is 8.83. The number of hydrogen-bond donors (Lipinski definition) is 2. The first-order valence-corrected chi connectivity index (χ1v) is 5.62. The van der Waals surface area contributed by atoms with Gasteiger partial charge in [-0.25, -0.2) is 0 Å². The Bertz CT molecular complexity index is 286. The molecule has 1 aromatic rings. The normalized spacial score (nSPS) is 12.7. The molecule has 0 spiro atoms. The molecule has 0 fully saturated rings. The van der Waals surface area contributed by atoms with Crippen molar-refractivity contribution in [3.8, 4) is 0 Å². The van der Waals surface area contributed by atoms with Gasteiger partial charge in [-0.1, -0.05) is 24.3 Å². The standard InChI is InChI=1S/C13H21NO/c1-11-6-3-4-7-13(11)8-5-9-14-12(2)10-15/h3-4,6-7,12,14-15H,5,8-10H2,1-2H3. The van der Waals surface area contributed by atoms with Gasteiger partial charge in [0.25, 0.3) is 0 Å². The van der Waals surface area contributed by atoms with E-state index in [1.807, 2.05) is 6.92 Å². The van der Waals surface area contributed by atoms with Gasteiger partial charge in [0.2, 0.25) is 0 Å². The van der Waals surface area contributed by atoms with Crippen LogP contribution in [0.4, 0.5) is 0 Å². The minimum Gasteiger partial charge on any atom is -0.395 e. The molecule has 0 saturated heterocycles. The first-order chi connectivity index (χ1) is 7.24. The smallest absolute Gasteiger partial charge is 0.0581 e. The topological polar surface area (TPSA) is 32.3 Å². The average molecular weight is 207 g/mol. The highest BCUT2D eigenvalue weighted by atomic mass is 16.3. The highest BCUT2D eigenvalue weighted by molar-refractivity contribution is 5.25. The van der Waals surface area contributed by atoms with Crippen molar-refractivity contribution in [1.82, 2.24) is 5.32 Å². The van der Waals surface area contributed by atoms with Crippen LogP contribution >= 0.6 is 0 Å². The summed E-state index contributed by atoms with van der Waals surface area (Å²) >= 11 is 0. The van der Waals surface area contributed by atoms with Gasteiger partial charge in [0.15, 0.2) is 0 Å². The lowest BCUT2D eigenvalue weighted by molar-refractivity contribution is 0.251. The molecule has 15 heavy (non-hydrogen) atoms. The minimum atomic E-state index is 0.210. The summed E-state index contributed by atoms with van der Waals surface area (Å²) in [7, 11) is 0. The molecule has 0 heterocycles. The molecule has 0 bridgehead atoms. The van der Waals surface area contributed by atoms with Crippen molar-refractivity contribution in [1.29, 1.82) is 0 Å². The second kappa shape index (κ2) is 6.59. The zero-order valence-electron chi connectivity index (χ0n) is 9.66. The fraction of sp³-hybridized carbons (Fsp3) is 0.538. The zero-order valence-corrected chi connectivity index (χ0v) is 9.66. The quantitative estimate of drug-likeness (QED) is 0.698. The number of benzene rings is 1. The van der Waals surface area contributed by atoms with Crippen molar-refractivity contribution in [2.45, 2.75) is 32.7 Å². The van der Waals surface area contributed by atoms with Gasteiger partial charge in [0.1, 0.15) is 0 Å². The molecule has 2 nitrogen and oxygen atoms in total. The molecule has 1 unspecified atom stereocenters. The second-order valence-corrected chi connectivity index (χ2v) is 4.07. The second-order valence-electron chi connectivity index (χ2n) is 4.07. The van der Waals surface area contributed by atoms with Crippen LogP contribution in [0.15, 0.2) is 24.3 Å². The fourth-order valence-electron chi connectivity index (χ4n) is 1.58. The van der Waals surface area contributed by atoms with Gasteiger partial charge >= 0.3 is 0 Å². The maximum atomic E-state index is 8.83. The third-order valence-electron chi connectivity index (χ3n) is 2.65. The third-order valence-corrected chi connectivity index (χ3v) is 2.65. The molecule has 0 aliphatic rings. The van der Waals surface area contributed by atoms with Crippen LogP contribution in [0.5, 0.6) is 0 Å². The molecular weight excluding hydrogens is 186 g/mol. The molecule has 0 aromatic heterocycles. The fourth-order valence-corrected chi connectivity index (χ4v) is 1.58. The van der Waals surface area contributed by atoms with Crippen LogP contribution in [0.2, 0.25) is 0 Å². The summed E-state index contributed by atoms with van der Waals surface area (Å²) in [5.74, 6) is 0. The number of aliphatic hydroxyl groups is 1. The van der Waals surface area contributed by atoms with Crippen molar-refractivity contribution in [2.24, 2.45) is 0 Å². The third kappa shape index (κ3) is 4.45. The van der Waals surface area contributed by atoms with E-state index in [2.05, 4.69) is 36.5 Å². The van der Waals surface area contributed by atoms with Gasteiger partial charge in [0.05, 0.1) is 6.61 Å². The molecule has 2 heteroatoms. The van der Waals surface area contributed by atoms with E-state index in [0.717, 1.165) is 19.4 Å². The molecule has 0 radical (unpaired) electrons. The van der Waals surface area contributed by atoms with E-state index in [0.29, 0.717) is 0 Å². The van der Waals surface area contributed by atoms with Crippen molar-refractivity contribution in [2.75, 3.05) is 13.2 Å². The molecule has 1 atom stereocenters. The molecule has 1 aromatic carbocycles. The SMILES string of the molecule is Cc1ccccc1CCCNC(C)CO. The summed E-state index contributed by atoms with van der Waals surface area (Å²) in [6.45, 7) is 5.33. The summed E-state index contributed by atoms with van der Waals surface area (Å²) in [6, 6.07) is 8.71. The van der Waals surface area contributed by atoms with Crippen LogP contribution in [0.3, 0.4) is 0 Å². The number of nitrogens with one attached hydrogen (secondary N) is 1. The molecule has 0 aliphatic heterocycles. The van der Waals surface area contributed by atoms with Crippen LogP contribution in [-0.2, 0) is 6.42 Å². The monoisotopic (exact) mass is 207 g/mol. The lowest BCUT2D eigenvalue weighted by Gasteiger charge is -2.10. The Morgan fingerprint density at radius 2 is 2.07 bits per heavy atom. The molecule has 2 N–H and O–H groups in total. The van der Waals surface area contributed by atoms with Crippen LogP contribution < -0.4 is 5.32 Å². The predicted molar refractivity (Wildman–Crippen MR) is 64.1 cm³/mol. The molecule has 0 aliphatic carbocycles. The van der Waals surface area contributed by atoms with Gasteiger partial charge in [0, 0.05) is 6.04 Å². The summed E-state index contributed by atoms with van der Waals surface area (Å²) in [5, 5.41) is 12.1. The molecule has 1 rings (SSSR count). The summed E-state index contributed by atoms with van der Waals surface area (Å²) in [6.07, 6.45) is 2.23. The van der Waals surface area contributed by atoms with Crippen LogP contribution in [0.1, 0.15) is 24.5 Å². The van der Waals surface area contributed by atoms with Gasteiger partial charge in [-0.15, -0.1) is 0 Å². The molecule has 0 saturated carbocycles. The van der Waals surface area contributed by atoms with Crippen molar-refractivity contribution >= 4 is 0 Å². The molecular formula is C13H21NO. The molecule has 0 amide bonds. The molecule has 84 valence electrons. The summed E-state index contributed by atoms with van der Waals surface area (Å²) in [5.41, 5.74) is 2.80. The van der Waals surface area contributed by atoms with Crippen molar-refractivity contribution in [3.63, 3.8) is 0 Å². The van der Waals surface area contributed by atoms with Gasteiger partial charge in [-0.2, -0.15) is 0 Å². The Kier molecular flexibility index (Phi) is 5.37. The number of aryl methyl sites for hydroxylation is 2. The van der Waals surface area contributed by atoms with E-state index in [9.17, 15) is 0 Å². The number of aliphatic hydroxyl groups excluding tert-OH is 1. The van der Waals surface area contributed by atoms with Crippen LogP contribution in [-0.4, -0.2) is 24.3 Å². The summed E-state index contributed by atoms with van der Waals surface area (Å²) in [4.78, 5) is 0.